The molecule has 3 aromatic carbocycles. The lowest BCUT2D eigenvalue weighted by Crippen LogP contribution is -2.24. The predicted octanol–water partition coefficient (Wildman–Crippen LogP) is 4.77. The second-order valence-corrected chi connectivity index (χ2v) is 7.07. The molecule has 5 nitrogen and oxygen atoms in total. The third-order valence-corrected chi connectivity index (χ3v) is 4.86. The molecule has 1 aromatic heterocycles. The van der Waals surface area contributed by atoms with Crippen LogP contribution in [-0.4, -0.2) is 15.7 Å². The number of hydrogen-bond donors (Lipinski definition) is 1. The van der Waals surface area contributed by atoms with Gasteiger partial charge in [-0.1, -0.05) is 66.2 Å². The summed E-state index contributed by atoms with van der Waals surface area (Å²) in [6.07, 6.45) is 0. The summed E-state index contributed by atoms with van der Waals surface area (Å²) in [4.78, 5) is 26.1. The van der Waals surface area contributed by atoms with Crippen molar-refractivity contribution >= 4 is 11.7 Å². The van der Waals surface area contributed by atoms with E-state index in [0.29, 0.717) is 22.6 Å². The van der Waals surface area contributed by atoms with Gasteiger partial charge >= 0.3 is 0 Å². The lowest BCUT2D eigenvalue weighted by molar-refractivity contribution is 0.102. The molecule has 4 aromatic rings. The first-order chi connectivity index (χ1) is 14.5. The van der Waals surface area contributed by atoms with Gasteiger partial charge < -0.3 is 5.32 Å². The average molecular weight is 395 g/mol. The van der Waals surface area contributed by atoms with Crippen LogP contribution >= 0.6 is 0 Å². The minimum atomic E-state index is -0.307. The van der Waals surface area contributed by atoms with Crippen LogP contribution in [0.25, 0.3) is 16.8 Å². The highest BCUT2D eigenvalue weighted by Crippen LogP contribution is 2.27. The Morgan fingerprint density at radius 3 is 2.07 bits per heavy atom. The predicted molar refractivity (Wildman–Crippen MR) is 119 cm³/mol. The fraction of sp³-hybridized carbons (Fsp3) is 0.0800. The Balaban J connectivity index is 1.96. The lowest BCUT2D eigenvalue weighted by Gasteiger charge is -2.18. The summed E-state index contributed by atoms with van der Waals surface area (Å²) in [5.74, 6) is 0.0354. The Hall–Kier alpha value is -3.99. The van der Waals surface area contributed by atoms with E-state index in [-0.39, 0.29) is 11.3 Å². The van der Waals surface area contributed by atoms with Crippen molar-refractivity contribution in [1.29, 1.82) is 0 Å². The molecule has 1 N–H and O–H groups in total. The number of nitrogens with zero attached hydrogens (tertiary/aromatic N) is 2. The fourth-order valence-corrected chi connectivity index (χ4v) is 3.27. The standard InChI is InChI=1S/C25H21N3O2/c1-17-13-15-19(16-14-17)22-23(29)18(2)27-28(21-11-7-4-8-12-21)24(22)26-25(30)20-9-5-3-6-10-20/h3-16H,1-2H3,(H,26,30). The van der Waals surface area contributed by atoms with E-state index in [2.05, 4.69) is 10.4 Å². The monoisotopic (exact) mass is 395 g/mol. The van der Waals surface area contributed by atoms with Crippen LogP contribution in [-0.2, 0) is 0 Å². The Kier molecular flexibility index (Phi) is 5.26. The SMILES string of the molecule is Cc1ccc(-c2c(NC(=O)c3ccccc3)n(-c3ccccc3)nc(C)c2=O)cc1. The summed E-state index contributed by atoms with van der Waals surface area (Å²) in [7, 11) is 0. The highest BCUT2D eigenvalue weighted by molar-refractivity contribution is 6.05. The minimum Gasteiger partial charge on any atom is -0.306 e. The number of carbonyl (C=O) groups excluding carboxylic acids is 1. The van der Waals surface area contributed by atoms with Crippen LogP contribution in [0.3, 0.4) is 0 Å². The molecule has 0 radical (unpaired) electrons. The number of rotatable bonds is 4. The molecule has 0 bridgehead atoms. The normalized spacial score (nSPS) is 10.6. The molecular weight excluding hydrogens is 374 g/mol. The number of carbonyl (C=O) groups is 1. The first-order valence-corrected chi connectivity index (χ1v) is 9.67. The van der Waals surface area contributed by atoms with Crippen LogP contribution in [0.15, 0.2) is 89.7 Å². The quantitative estimate of drug-likeness (QED) is 0.541. The van der Waals surface area contributed by atoms with Crippen molar-refractivity contribution in [2.24, 2.45) is 0 Å². The molecule has 1 heterocycles. The van der Waals surface area contributed by atoms with Gasteiger partial charge in [-0.2, -0.15) is 5.10 Å². The second-order valence-electron chi connectivity index (χ2n) is 7.07. The molecule has 0 spiro atoms. The third-order valence-electron chi connectivity index (χ3n) is 4.86. The molecule has 5 heteroatoms. The molecule has 0 fully saturated rings. The molecule has 0 saturated heterocycles. The summed E-state index contributed by atoms with van der Waals surface area (Å²) in [5.41, 5.74) is 3.61. The molecule has 1 amide bonds. The molecule has 0 saturated carbocycles. The second kappa shape index (κ2) is 8.17. The zero-order valence-electron chi connectivity index (χ0n) is 16.8. The van der Waals surface area contributed by atoms with E-state index in [1.54, 1.807) is 35.9 Å². The Morgan fingerprint density at radius 1 is 0.833 bits per heavy atom. The van der Waals surface area contributed by atoms with Crippen LogP contribution in [0.2, 0.25) is 0 Å². The van der Waals surface area contributed by atoms with Crippen LogP contribution in [0.1, 0.15) is 21.6 Å². The van der Waals surface area contributed by atoms with Crippen molar-refractivity contribution in [2.45, 2.75) is 13.8 Å². The summed E-state index contributed by atoms with van der Waals surface area (Å²) in [6, 6.07) is 26.0. The van der Waals surface area contributed by atoms with Gasteiger partial charge in [-0.05, 0) is 43.7 Å². The van der Waals surface area contributed by atoms with Gasteiger partial charge in [0.2, 0.25) is 5.43 Å². The van der Waals surface area contributed by atoms with Gasteiger partial charge in [-0.25, -0.2) is 4.68 Å². The molecule has 30 heavy (non-hydrogen) atoms. The lowest BCUT2D eigenvalue weighted by atomic mass is 10.0. The number of aryl methyl sites for hydroxylation is 2. The van der Waals surface area contributed by atoms with Crippen molar-refractivity contribution in [3.8, 4) is 16.8 Å². The average Bonchev–Trinajstić information content (AvgIpc) is 2.78. The Morgan fingerprint density at radius 2 is 1.43 bits per heavy atom. The van der Waals surface area contributed by atoms with E-state index in [0.717, 1.165) is 16.8 Å². The highest BCUT2D eigenvalue weighted by Gasteiger charge is 2.20. The number of aromatic nitrogens is 2. The molecule has 4 rings (SSSR count). The third kappa shape index (κ3) is 3.78. The van der Waals surface area contributed by atoms with Gasteiger partial charge in [-0.3, -0.25) is 9.59 Å². The van der Waals surface area contributed by atoms with Crippen molar-refractivity contribution < 1.29 is 4.79 Å². The van der Waals surface area contributed by atoms with Crippen molar-refractivity contribution in [1.82, 2.24) is 9.78 Å². The van der Waals surface area contributed by atoms with E-state index in [9.17, 15) is 9.59 Å². The van der Waals surface area contributed by atoms with Crippen molar-refractivity contribution in [2.75, 3.05) is 5.32 Å². The zero-order chi connectivity index (χ0) is 21.1. The number of para-hydroxylation sites is 1. The van der Waals surface area contributed by atoms with E-state index in [4.69, 9.17) is 0 Å². The van der Waals surface area contributed by atoms with Gasteiger partial charge in [0.25, 0.3) is 5.91 Å². The van der Waals surface area contributed by atoms with Gasteiger partial charge in [0, 0.05) is 5.56 Å². The Labute approximate surface area is 174 Å². The first kappa shape index (κ1) is 19.3. The van der Waals surface area contributed by atoms with Gasteiger partial charge in [-0.15, -0.1) is 0 Å². The maximum Gasteiger partial charge on any atom is 0.256 e. The molecular formula is C25H21N3O2. The van der Waals surface area contributed by atoms with Crippen LogP contribution < -0.4 is 10.7 Å². The minimum absolute atomic E-state index is 0.214. The van der Waals surface area contributed by atoms with E-state index < -0.39 is 0 Å². The summed E-state index contributed by atoms with van der Waals surface area (Å²) < 4.78 is 1.62. The fourth-order valence-electron chi connectivity index (χ4n) is 3.27. The van der Waals surface area contributed by atoms with Crippen molar-refractivity contribution in [3.05, 3.63) is 112 Å². The summed E-state index contributed by atoms with van der Waals surface area (Å²) >= 11 is 0. The summed E-state index contributed by atoms with van der Waals surface area (Å²) in [5, 5.41) is 7.42. The maximum atomic E-state index is 13.1. The molecule has 0 unspecified atom stereocenters. The molecule has 0 aliphatic carbocycles. The topological polar surface area (TPSA) is 64.0 Å². The van der Waals surface area contributed by atoms with Crippen LogP contribution in [0.4, 0.5) is 5.82 Å². The number of nitrogens with one attached hydrogen (secondary N) is 1. The molecule has 0 aliphatic rings. The van der Waals surface area contributed by atoms with Gasteiger partial charge in [0.1, 0.15) is 11.5 Å². The zero-order valence-corrected chi connectivity index (χ0v) is 16.8. The molecule has 0 aliphatic heterocycles. The van der Waals surface area contributed by atoms with Gasteiger partial charge in [0.05, 0.1) is 11.3 Å². The van der Waals surface area contributed by atoms with E-state index in [1.165, 1.54) is 0 Å². The number of benzene rings is 3. The number of anilines is 1. The van der Waals surface area contributed by atoms with Crippen LogP contribution in [0, 0.1) is 13.8 Å². The van der Waals surface area contributed by atoms with E-state index in [1.807, 2.05) is 67.6 Å². The smallest absolute Gasteiger partial charge is 0.256 e. The van der Waals surface area contributed by atoms with Gasteiger partial charge in [0.15, 0.2) is 0 Å². The van der Waals surface area contributed by atoms with E-state index >= 15 is 0 Å². The largest absolute Gasteiger partial charge is 0.306 e. The maximum absolute atomic E-state index is 13.1. The van der Waals surface area contributed by atoms with Crippen molar-refractivity contribution in [3.63, 3.8) is 0 Å². The van der Waals surface area contributed by atoms with Crippen LogP contribution in [0.5, 0.6) is 0 Å². The molecule has 148 valence electrons. The molecule has 0 atom stereocenters. The highest BCUT2D eigenvalue weighted by atomic mass is 16.2. The number of amides is 1. The number of hydrogen-bond acceptors (Lipinski definition) is 3. The first-order valence-electron chi connectivity index (χ1n) is 9.67. The summed E-state index contributed by atoms with van der Waals surface area (Å²) in [6.45, 7) is 3.67. The Bertz CT molecular complexity index is 1250.